The van der Waals surface area contributed by atoms with Crippen LogP contribution >= 0.6 is 23.2 Å². The van der Waals surface area contributed by atoms with Gasteiger partial charge >= 0.3 is 0 Å². The highest BCUT2D eigenvalue weighted by atomic mass is 35.5. The Morgan fingerprint density at radius 2 is 1.42 bits per heavy atom. The average molecular weight is 289 g/mol. The molecule has 19 heavy (non-hydrogen) atoms. The Labute approximate surface area is 121 Å². The number of hydrogen-bond donors (Lipinski definition) is 0. The van der Waals surface area contributed by atoms with E-state index in [1.165, 1.54) is 0 Å². The van der Waals surface area contributed by atoms with E-state index < -0.39 is 0 Å². The van der Waals surface area contributed by atoms with Gasteiger partial charge in [0, 0.05) is 11.1 Å². The lowest BCUT2D eigenvalue weighted by Gasteiger charge is -2.11. The summed E-state index contributed by atoms with van der Waals surface area (Å²) in [4.78, 5) is 8.91. The molecule has 2 aromatic carbocycles. The molecule has 0 spiro atoms. The van der Waals surface area contributed by atoms with Crippen molar-refractivity contribution in [3.05, 3.63) is 59.2 Å². The van der Waals surface area contributed by atoms with E-state index >= 15 is 0 Å². The maximum Gasteiger partial charge on any atom is 0.139 e. The van der Waals surface area contributed by atoms with Crippen molar-refractivity contribution >= 4 is 44.9 Å². The Morgan fingerprint density at radius 3 is 2.21 bits per heavy atom. The second-order valence-corrected chi connectivity index (χ2v) is 5.06. The molecule has 0 aromatic heterocycles. The van der Waals surface area contributed by atoms with Gasteiger partial charge in [0.2, 0.25) is 0 Å². The first-order valence-corrected chi connectivity index (χ1v) is 6.59. The minimum Gasteiger partial charge on any atom is -0.235 e. The summed E-state index contributed by atoms with van der Waals surface area (Å²) in [6.45, 7) is 2.00. The van der Waals surface area contributed by atoms with Crippen molar-refractivity contribution < 1.29 is 0 Å². The topological polar surface area (TPSA) is 24.7 Å². The van der Waals surface area contributed by atoms with E-state index in [-0.39, 0.29) is 0 Å². The second kappa shape index (κ2) is 4.80. The zero-order valence-corrected chi connectivity index (χ0v) is 11.7. The normalized spacial score (nSPS) is 19.1. The fourth-order valence-electron chi connectivity index (χ4n) is 1.99. The van der Waals surface area contributed by atoms with Gasteiger partial charge in [-0.25, -0.2) is 9.98 Å². The molecule has 0 fully saturated rings. The number of aliphatic imine (C=N–C) groups is 2. The summed E-state index contributed by atoms with van der Waals surface area (Å²) >= 11 is 12.6. The first-order valence-electron chi connectivity index (χ1n) is 5.84. The van der Waals surface area contributed by atoms with E-state index in [1.54, 1.807) is 0 Å². The van der Waals surface area contributed by atoms with Crippen LogP contribution in [0.25, 0.3) is 0 Å². The van der Waals surface area contributed by atoms with E-state index in [9.17, 15) is 0 Å². The summed E-state index contributed by atoms with van der Waals surface area (Å²) in [7, 11) is 0. The van der Waals surface area contributed by atoms with Gasteiger partial charge in [-0.05, 0) is 36.8 Å². The number of hydrogen-bond acceptors (Lipinski definition) is 2. The van der Waals surface area contributed by atoms with E-state index in [2.05, 4.69) is 9.98 Å². The summed E-state index contributed by atoms with van der Waals surface area (Å²) in [5.74, 6) is 0. The summed E-state index contributed by atoms with van der Waals surface area (Å²) in [6.07, 6.45) is 0. The Balaban J connectivity index is 2.30. The zero-order chi connectivity index (χ0) is 13.4. The van der Waals surface area contributed by atoms with Gasteiger partial charge in [0.1, 0.15) is 10.3 Å². The molecule has 1 aliphatic rings. The molecule has 0 atom stereocenters. The van der Waals surface area contributed by atoms with Crippen LogP contribution in [0.15, 0.2) is 52.4 Å². The van der Waals surface area contributed by atoms with E-state index in [1.807, 2.05) is 49.4 Å². The van der Waals surface area contributed by atoms with Crippen LogP contribution in [0.3, 0.4) is 0 Å². The number of rotatable bonds is 0. The van der Waals surface area contributed by atoms with Gasteiger partial charge in [-0.2, -0.15) is 0 Å². The molecule has 2 aromatic rings. The molecule has 0 aliphatic carbocycles. The Kier molecular flexibility index (Phi) is 3.13. The Morgan fingerprint density at radius 1 is 0.789 bits per heavy atom. The van der Waals surface area contributed by atoms with Gasteiger partial charge in [0.15, 0.2) is 0 Å². The van der Waals surface area contributed by atoms with Crippen LogP contribution < -0.4 is 0 Å². The van der Waals surface area contributed by atoms with Gasteiger partial charge < -0.3 is 0 Å². The summed E-state index contributed by atoms with van der Waals surface area (Å²) in [5, 5.41) is 0.853. The summed E-state index contributed by atoms with van der Waals surface area (Å²) in [5.41, 5.74) is 4.15. The van der Waals surface area contributed by atoms with Crippen molar-refractivity contribution in [1.29, 1.82) is 0 Å². The Bertz CT molecular complexity index is 718. The highest BCUT2D eigenvalue weighted by molar-refractivity contribution is 6.72. The predicted molar refractivity (Wildman–Crippen MR) is 81.7 cm³/mol. The lowest BCUT2D eigenvalue weighted by Crippen LogP contribution is -2.00. The molecule has 3 rings (SSSR count). The third-order valence-electron chi connectivity index (χ3n) is 2.94. The SMILES string of the molecule is Cc1ccc2c(c1)/N=C(/Cl)c1ccccc1/N=C\2Cl. The number of halogens is 2. The molecule has 94 valence electrons. The fourth-order valence-corrected chi connectivity index (χ4v) is 2.49. The maximum atomic E-state index is 6.29. The van der Waals surface area contributed by atoms with Crippen LogP contribution in [0, 0.1) is 6.92 Å². The molecule has 0 amide bonds. The maximum absolute atomic E-state index is 6.29. The van der Waals surface area contributed by atoms with Crippen LogP contribution in [0.4, 0.5) is 11.4 Å². The summed E-state index contributed by atoms with van der Waals surface area (Å²) in [6, 6.07) is 13.4. The van der Waals surface area contributed by atoms with E-state index in [0.717, 1.165) is 28.1 Å². The number of fused-ring (bicyclic) bond motifs is 2. The molecular weight excluding hydrogens is 279 g/mol. The molecule has 0 bridgehead atoms. The lowest BCUT2D eigenvalue weighted by atomic mass is 10.1. The van der Waals surface area contributed by atoms with Crippen molar-refractivity contribution in [3.8, 4) is 0 Å². The highest BCUT2D eigenvalue weighted by Crippen LogP contribution is 2.31. The number of nitrogens with zero attached hydrogens (tertiary/aromatic N) is 2. The van der Waals surface area contributed by atoms with Gasteiger partial charge in [-0.3, -0.25) is 0 Å². The van der Waals surface area contributed by atoms with Crippen molar-refractivity contribution in [1.82, 2.24) is 0 Å². The smallest absolute Gasteiger partial charge is 0.139 e. The quantitative estimate of drug-likeness (QED) is 0.656. The average Bonchev–Trinajstić information content (AvgIpc) is 2.38. The minimum absolute atomic E-state index is 0.426. The molecule has 2 nitrogen and oxygen atoms in total. The van der Waals surface area contributed by atoms with Crippen LogP contribution in [0.2, 0.25) is 0 Å². The van der Waals surface area contributed by atoms with Gasteiger partial charge in [-0.1, -0.05) is 41.4 Å². The molecule has 0 saturated carbocycles. The standard InChI is InChI=1S/C15H10Cl2N2/c1-9-6-7-11-13(8-9)19-14(16)10-4-2-3-5-12(10)18-15(11)17/h2-8H,1H3/b14-10?,15-11?,18-12?,18-15+,19-13?,19-14+. The van der Waals surface area contributed by atoms with Crippen molar-refractivity contribution in [2.24, 2.45) is 9.98 Å². The lowest BCUT2D eigenvalue weighted by molar-refractivity contribution is 1.39. The fraction of sp³-hybridized carbons (Fsp3) is 0.0667. The van der Waals surface area contributed by atoms with Crippen LogP contribution in [0.1, 0.15) is 16.7 Å². The molecule has 0 N–H and O–H groups in total. The van der Waals surface area contributed by atoms with Crippen LogP contribution in [-0.2, 0) is 0 Å². The van der Waals surface area contributed by atoms with Gasteiger partial charge in [-0.15, -0.1) is 0 Å². The van der Waals surface area contributed by atoms with Gasteiger partial charge in [0.25, 0.3) is 0 Å². The van der Waals surface area contributed by atoms with Crippen molar-refractivity contribution in [2.45, 2.75) is 6.92 Å². The monoisotopic (exact) mass is 288 g/mol. The largest absolute Gasteiger partial charge is 0.235 e. The third kappa shape index (κ3) is 2.29. The number of aryl methyl sites for hydroxylation is 1. The number of para-hydroxylation sites is 1. The molecule has 0 unspecified atom stereocenters. The predicted octanol–water partition coefficient (Wildman–Crippen LogP) is 4.94. The molecular formula is C15H10Cl2N2. The van der Waals surface area contributed by atoms with Gasteiger partial charge in [0.05, 0.1) is 11.4 Å². The first kappa shape index (κ1) is 12.4. The molecule has 1 heterocycles. The van der Waals surface area contributed by atoms with E-state index in [4.69, 9.17) is 23.2 Å². The molecule has 0 saturated heterocycles. The number of benzene rings is 2. The molecule has 4 heteroatoms. The summed E-state index contributed by atoms with van der Waals surface area (Å²) < 4.78 is 0. The Hall–Kier alpha value is -1.64. The van der Waals surface area contributed by atoms with Crippen LogP contribution in [-0.4, -0.2) is 10.3 Å². The van der Waals surface area contributed by atoms with Crippen molar-refractivity contribution in [3.63, 3.8) is 0 Å². The van der Waals surface area contributed by atoms with Crippen LogP contribution in [0.5, 0.6) is 0 Å². The second-order valence-electron chi connectivity index (χ2n) is 4.34. The molecule has 1 aliphatic heterocycles. The zero-order valence-electron chi connectivity index (χ0n) is 10.2. The minimum atomic E-state index is 0.426. The molecule has 0 radical (unpaired) electrons. The van der Waals surface area contributed by atoms with E-state index in [0.29, 0.717) is 10.3 Å². The van der Waals surface area contributed by atoms with Crippen molar-refractivity contribution in [2.75, 3.05) is 0 Å². The highest BCUT2D eigenvalue weighted by Gasteiger charge is 2.15. The third-order valence-corrected chi connectivity index (χ3v) is 3.52. The first-order chi connectivity index (χ1) is 9.15.